The second-order valence-electron chi connectivity index (χ2n) is 7.99. The van der Waals surface area contributed by atoms with Gasteiger partial charge in [-0.15, -0.1) is 11.3 Å². The summed E-state index contributed by atoms with van der Waals surface area (Å²) in [6, 6.07) is 14.0. The second kappa shape index (κ2) is 11.4. The summed E-state index contributed by atoms with van der Waals surface area (Å²) in [5.74, 6) is 0.759. The Balaban J connectivity index is 1.36. The highest BCUT2D eigenvalue weighted by Gasteiger charge is 2.29. The highest BCUT2D eigenvalue weighted by Crippen LogP contribution is 2.27. The van der Waals surface area contributed by atoms with E-state index in [1.807, 2.05) is 24.3 Å². The van der Waals surface area contributed by atoms with Crippen LogP contribution in [0.5, 0.6) is 11.5 Å². The van der Waals surface area contributed by atoms with Gasteiger partial charge in [0.25, 0.3) is 11.8 Å². The molecule has 0 radical (unpaired) electrons. The third kappa shape index (κ3) is 5.87. The smallest absolute Gasteiger partial charge is 0.271 e. The molecular formula is C25H26ClN3O4S. The maximum Gasteiger partial charge on any atom is 0.271 e. The van der Waals surface area contributed by atoms with Gasteiger partial charge in [0.1, 0.15) is 17.3 Å². The number of halogens is 1. The van der Waals surface area contributed by atoms with Gasteiger partial charge in [-0.1, -0.05) is 48.7 Å². The molecule has 2 aromatic carbocycles. The molecule has 2 amide bonds. The van der Waals surface area contributed by atoms with Crippen LogP contribution < -0.4 is 20.1 Å². The number of rotatable bonds is 8. The molecule has 178 valence electrons. The molecule has 3 aromatic rings. The fourth-order valence-electron chi connectivity index (χ4n) is 3.97. The van der Waals surface area contributed by atoms with Gasteiger partial charge in [-0.25, -0.2) is 4.98 Å². The lowest BCUT2D eigenvalue weighted by Gasteiger charge is -2.32. The van der Waals surface area contributed by atoms with Gasteiger partial charge >= 0.3 is 0 Å². The molecular weight excluding hydrogens is 474 g/mol. The van der Waals surface area contributed by atoms with Crippen LogP contribution in [0.4, 0.5) is 0 Å². The number of methoxy groups -OCH3 is 1. The first-order valence-corrected chi connectivity index (χ1v) is 12.4. The van der Waals surface area contributed by atoms with Crippen molar-refractivity contribution >= 4 is 34.8 Å². The predicted octanol–water partition coefficient (Wildman–Crippen LogP) is 4.86. The molecule has 1 aliphatic rings. The number of nitrogens with one attached hydrogen (secondary N) is 2. The van der Waals surface area contributed by atoms with E-state index in [9.17, 15) is 9.59 Å². The summed E-state index contributed by atoms with van der Waals surface area (Å²) in [6.07, 6.45) is 3.54. The molecule has 4 rings (SSSR count). The molecule has 1 heterocycles. The van der Waals surface area contributed by atoms with Crippen molar-refractivity contribution < 1.29 is 19.1 Å². The fraction of sp³-hybridized carbons (Fsp3) is 0.320. The molecule has 1 saturated carbocycles. The minimum absolute atomic E-state index is 0.173. The standard InChI is InChI=1S/C25H26ClN3O4S/c1-32-21-12-6-7-13-22(21)33-14-23-27-20(15-34-23)25(31)29-19-11-5-4-10-18(19)28-24(30)16-8-2-3-9-17(16)26/h2-3,6-9,12-13,15,18-19H,4-5,10-11,14H2,1H3,(H,28,30)(H,29,31)/t18-,19-/m0/s1. The van der Waals surface area contributed by atoms with Gasteiger partial charge in [0.05, 0.1) is 17.7 Å². The molecule has 2 atom stereocenters. The summed E-state index contributed by atoms with van der Waals surface area (Å²) in [5, 5.41) is 8.92. The summed E-state index contributed by atoms with van der Waals surface area (Å²) in [6.45, 7) is 0.234. The lowest BCUT2D eigenvalue weighted by molar-refractivity contribution is 0.0860. The van der Waals surface area contributed by atoms with Crippen LogP contribution in [-0.4, -0.2) is 36.0 Å². The third-order valence-corrected chi connectivity index (χ3v) is 6.87. The highest BCUT2D eigenvalue weighted by molar-refractivity contribution is 7.09. The first-order chi connectivity index (χ1) is 16.5. The lowest BCUT2D eigenvalue weighted by Crippen LogP contribution is -2.53. The first-order valence-electron chi connectivity index (χ1n) is 11.1. The molecule has 0 bridgehead atoms. The van der Waals surface area contributed by atoms with Crippen molar-refractivity contribution in [3.05, 3.63) is 75.2 Å². The Bertz CT molecular complexity index is 1150. The Labute approximate surface area is 207 Å². The Morgan fingerprint density at radius 2 is 1.65 bits per heavy atom. The van der Waals surface area contributed by atoms with E-state index in [2.05, 4.69) is 15.6 Å². The molecule has 1 fully saturated rings. The van der Waals surface area contributed by atoms with Crippen molar-refractivity contribution in [3.63, 3.8) is 0 Å². The van der Waals surface area contributed by atoms with Crippen LogP contribution in [0.3, 0.4) is 0 Å². The normalized spacial score (nSPS) is 17.6. The summed E-state index contributed by atoms with van der Waals surface area (Å²) in [7, 11) is 1.59. The summed E-state index contributed by atoms with van der Waals surface area (Å²) in [4.78, 5) is 30.1. The van der Waals surface area contributed by atoms with Crippen molar-refractivity contribution in [1.29, 1.82) is 0 Å². The van der Waals surface area contributed by atoms with E-state index in [0.717, 1.165) is 25.7 Å². The zero-order chi connectivity index (χ0) is 23.9. The number of amides is 2. The average Bonchev–Trinajstić information content (AvgIpc) is 3.33. The Morgan fingerprint density at radius 3 is 2.35 bits per heavy atom. The first kappa shape index (κ1) is 24.0. The second-order valence-corrected chi connectivity index (χ2v) is 9.34. The number of carbonyl (C=O) groups excluding carboxylic acids is 2. The number of carbonyl (C=O) groups is 2. The number of benzene rings is 2. The van der Waals surface area contributed by atoms with Crippen LogP contribution in [0, 0.1) is 0 Å². The van der Waals surface area contributed by atoms with E-state index < -0.39 is 0 Å². The number of para-hydroxylation sites is 2. The monoisotopic (exact) mass is 499 g/mol. The maximum absolute atomic E-state index is 12.9. The molecule has 9 heteroatoms. The molecule has 7 nitrogen and oxygen atoms in total. The summed E-state index contributed by atoms with van der Waals surface area (Å²) >= 11 is 7.53. The highest BCUT2D eigenvalue weighted by atomic mass is 35.5. The van der Waals surface area contributed by atoms with Crippen LogP contribution in [0.1, 0.15) is 51.5 Å². The molecule has 0 unspecified atom stereocenters. The van der Waals surface area contributed by atoms with Crippen molar-refractivity contribution in [2.75, 3.05) is 7.11 Å². The van der Waals surface area contributed by atoms with E-state index >= 15 is 0 Å². The van der Waals surface area contributed by atoms with Crippen molar-refractivity contribution in [2.45, 2.75) is 44.4 Å². The molecule has 2 N–H and O–H groups in total. The van der Waals surface area contributed by atoms with Gasteiger partial charge in [0.2, 0.25) is 0 Å². The van der Waals surface area contributed by atoms with Gasteiger partial charge in [0, 0.05) is 17.5 Å². The average molecular weight is 500 g/mol. The zero-order valence-corrected chi connectivity index (χ0v) is 20.3. The van der Waals surface area contributed by atoms with E-state index in [-0.39, 0.29) is 30.5 Å². The molecule has 1 aliphatic carbocycles. The molecule has 0 spiro atoms. The third-order valence-electron chi connectivity index (χ3n) is 5.72. The zero-order valence-electron chi connectivity index (χ0n) is 18.8. The van der Waals surface area contributed by atoms with Gasteiger partial charge < -0.3 is 20.1 Å². The molecule has 0 saturated heterocycles. The van der Waals surface area contributed by atoms with Crippen molar-refractivity contribution in [2.24, 2.45) is 0 Å². The maximum atomic E-state index is 12.9. The van der Waals surface area contributed by atoms with Crippen LogP contribution in [0.2, 0.25) is 5.02 Å². The van der Waals surface area contributed by atoms with Gasteiger partial charge in [-0.05, 0) is 37.1 Å². The predicted molar refractivity (Wildman–Crippen MR) is 132 cm³/mol. The number of nitrogens with zero attached hydrogens (tertiary/aromatic N) is 1. The number of ether oxygens (including phenoxy) is 2. The quantitative estimate of drug-likeness (QED) is 0.462. The fourth-order valence-corrected chi connectivity index (χ4v) is 4.88. The number of hydrogen-bond acceptors (Lipinski definition) is 6. The molecule has 0 aliphatic heterocycles. The van der Waals surface area contributed by atoms with E-state index in [0.29, 0.717) is 32.8 Å². The van der Waals surface area contributed by atoms with E-state index in [4.69, 9.17) is 21.1 Å². The Hall–Kier alpha value is -3.10. The van der Waals surface area contributed by atoms with Gasteiger partial charge in [-0.2, -0.15) is 0 Å². The van der Waals surface area contributed by atoms with Crippen molar-refractivity contribution in [3.8, 4) is 11.5 Å². The summed E-state index contributed by atoms with van der Waals surface area (Å²) < 4.78 is 11.1. The van der Waals surface area contributed by atoms with Crippen LogP contribution in [0.15, 0.2) is 53.9 Å². The van der Waals surface area contributed by atoms with Gasteiger partial charge in [0.15, 0.2) is 11.5 Å². The van der Waals surface area contributed by atoms with Crippen LogP contribution in [0.25, 0.3) is 0 Å². The Kier molecular flexibility index (Phi) is 8.03. The Morgan fingerprint density at radius 1 is 1.00 bits per heavy atom. The lowest BCUT2D eigenvalue weighted by atomic mass is 9.90. The largest absolute Gasteiger partial charge is 0.493 e. The van der Waals surface area contributed by atoms with E-state index in [1.54, 1.807) is 36.8 Å². The number of hydrogen-bond donors (Lipinski definition) is 2. The topological polar surface area (TPSA) is 89.6 Å². The van der Waals surface area contributed by atoms with Crippen LogP contribution >= 0.6 is 22.9 Å². The number of aromatic nitrogens is 1. The number of thiazole rings is 1. The van der Waals surface area contributed by atoms with Crippen molar-refractivity contribution in [1.82, 2.24) is 15.6 Å². The molecule has 1 aromatic heterocycles. The molecule has 34 heavy (non-hydrogen) atoms. The minimum Gasteiger partial charge on any atom is -0.493 e. The SMILES string of the molecule is COc1ccccc1OCc1nc(C(=O)N[C@H]2CCCC[C@@H]2NC(=O)c2ccccc2Cl)cs1. The minimum atomic E-state index is -0.260. The van der Waals surface area contributed by atoms with Crippen LogP contribution in [-0.2, 0) is 6.61 Å². The van der Waals surface area contributed by atoms with Gasteiger partial charge in [-0.3, -0.25) is 9.59 Å². The van der Waals surface area contributed by atoms with E-state index in [1.165, 1.54) is 11.3 Å². The summed E-state index contributed by atoms with van der Waals surface area (Å²) in [5.41, 5.74) is 0.768.